The molecule has 0 spiro atoms. The molecule has 11 heavy (non-hydrogen) atoms. The Morgan fingerprint density at radius 1 is 1.55 bits per heavy atom. The maximum atomic E-state index is 10.6. The summed E-state index contributed by atoms with van der Waals surface area (Å²) in [6, 6.07) is -0.252. The van der Waals surface area contributed by atoms with Gasteiger partial charge in [-0.1, -0.05) is 0 Å². The number of nitrogens with one attached hydrogen (secondary N) is 1. The highest BCUT2D eigenvalue weighted by atomic mass is 16.6. The second kappa shape index (κ2) is 3.54. The number of cyclic esters (lactones) is 1. The first-order valence-electron chi connectivity index (χ1n) is 3.46. The van der Waals surface area contributed by atoms with E-state index in [0.29, 0.717) is 6.42 Å². The van der Waals surface area contributed by atoms with Gasteiger partial charge in [-0.25, -0.2) is 4.79 Å². The molecule has 5 nitrogen and oxygen atoms in total. The van der Waals surface area contributed by atoms with Gasteiger partial charge >= 0.3 is 6.09 Å². The SMILES string of the molecule is O=C1N[C@H](CCO)[C@@H](CO)O1. The van der Waals surface area contributed by atoms with E-state index in [0.717, 1.165) is 0 Å². The molecule has 0 aromatic carbocycles. The van der Waals surface area contributed by atoms with E-state index in [9.17, 15) is 4.79 Å². The molecule has 64 valence electrons. The van der Waals surface area contributed by atoms with Gasteiger partial charge in [-0.3, -0.25) is 0 Å². The van der Waals surface area contributed by atoms with E-state index in [1.54, 1.807) is 0 Å². The predicted octanol–water partition coefficient (Wildman–Crippen LogP) is -1.16. The number of amides is 1. The maximum Gasteiger partial charge on any atom is 0.407 e. The van der Waals surface area contributed by atoms with Gasteiger partial charge in [0.05, 0.1) is 12.6 Å². The molecule has 0 bridgehead atoms. The number of aliphatic hydroxyl groups excluding tert-OH is 2. The largest absolute Gasteiger partial charge is 0.442 e. The van der Waals surface area contributed by atoms with E-state index in [4.69, 9.17) is 10.2 Å². The Kier molecular flexibility index (Phi) is 2.67. The van der Waals surface area contributed by atoms with Crippen molar-refractivity contribution in [1.29, 1.82) is 0 Å². The van der Waals surface area contributed by atoms with Crippen LogP contribution in [-0.2, 0) is 4.74 Å². The molecule has 0 aliphatic carbocycles. The molecule has 0 saturated carbocycles. The lowest BCUT2D eigenvalue weighted by molar-refractivity contribution is 0.0782. The smallest absolute Gasteiger partial charge is 0.407 e. The van der Waals surface area contributed by atoms with Crippen LogP contribution in [0.15, 0.2) is 0 Å². The standard InChI is InChI=1S/C6H11NO4/c8-2-1-4-5(3-9)11-6(10)7-4/h4-5,8-9H,1-3H2,(H,7,10)/t4-,5-/m1/s1. The van der Waals surface area contributed by atoms with Gasteiger partial charge in [-0.2, -0.15) is 0 Å². The summed E-state index contributed by atoms with van der Waals surface area (Å²) in [6.07, 6.45) is -0.617. The fourth-order valence-corrected chi connectivity index (χ4v) is 1.06. The van der Waals surface area contributed by atoms with E-state index < -0.39 is 12.2 Å². The number of rotatable bonds is 3. The molecule has 1 fully saturated rings. The zero-order valence-electron chi connectivity index (χ0n) is 5.99. The second-order valence-electron chi connectivity index (χ2n) is 2.39. The van der Waals surface area contributed by atoms with Crippen molar-refractivity contribution in [3.8, 4) is 0 Å². The third kappa shape index (κ3) is 1.81. The lowest BCUT2D eigenvalue weighted by Gasteiger charge is -2.11. The molecule has 0 unspecified atom stereocenters. The van der Waals surface area contributed by atoms with Gasteiger partial charge in [-0.05, 0) is 6.42 Å². The van der Waals surface area contributed by atoms with Gasteiger partial charge in [-0.15, -0.1) is 0 Å². The maximum absolute atomic E-state index is 10.6. The predicted molar refractivity (Wildman–Crippen MR) is 36.0 cm³/mol. The summed E-state index contributed by atoms with van der Waals surface area (Å²) in [7, 11) is 0. The van der Waals surface area contributed by atoms with Crippen LogP contribution in [0.5, 0.6) is 0 Å². The number of alkyl carbamates (subject to hydrolysis) is 1. The Morgan fingerprint density at radius 2 is 2.27 bits per heavy atom. The topological polar surface area (TPSA) is 78.8 Å². The number of carbonyl (C=O) groups is 1. The van der Waals surface area contributed by atoms with Gasteiger partial charge < -0.3 is 20.3 Å². The van der Waals surface area contributed by atoms with Crippen molar-refractivity contribution in [2.45, 2.75) is 18.6 Å². The van der Waals surface area contributed by atoms with E-state index in [1.165, 1.54) is 0 Å². The van der Waals surface area contributed by atoms with Crippen LogP contribution in [0.4, 0.5) is 4.79 Å². The Hall–Kier alpha value is -0.810. The van der Waals surface area contributed by atoms with Crippen LogP contribution in [0.1, 0.15) is 6.42 Å². The molecule has 1 amide bonds. The molecule has 1 saturated heterocycles. The average molecular weight is 161 g/mol. The molecule has 3 N–H and O–H groups in total. The number of hydrogen-bond donors (Lipinski definition) is 3. The zero-order chi connectivity index (χ0) is 8.27. The summed E-state index contributed by atoms with van der Waals surface area (Å²) in [5.74, 6) is 0. The molecule has 0 radical (unpaired) electrons. The minimum atomic E-state index is -0.525. The molecule has 1 rings (SSSR count). The summed E-state index contributed by atoms with van der Waals surface area (Å²) in [6.45, 7) is -0.228. The zero-order valence-corrected chi connectivity index (χ0v) is 5.99. The molecular formula is C6H11NO4. The summed E-state index contributed by atoms with van der Waals surface area (Å²) in [4.78, 5) is 10.6. The molecule has 0 aromatic heterocycles. The van der Waals surface area contributed by atoms with Crippen molar-refractivity contribution in [1.82, 2.24) is 5.32 Å². The molecule has 1 aliphatic rings. The Morgan fingerprint density at radius 3 is 2.82 bits per heavy atom. The number of ether oxygens (including phenoxy) is 1. The third-order valence-corrected chi connectivity index (χ3v) is 1.63. The van der Waals surface area contributed by atoms with Crippen molar-refractivity contribution in [3.05, 3.63) is 0 Å². The quantitative estimate of drug-likeness (QED) is 0.487. The lowest BCUT2D eigenvalue weighted by atomic mass is 10.1. The minimum Gasteiger partial charge on any atom is -0.442 e. The van der Waals surface area contributed by atoms with E-state index in [-0.39, 0.29) is 19.3 Å². The molecular weight excluding hydrogens is 150 g/mol. The van der Waals surface area contributed by atoms with Gasteiger partial charge in [0.1, 0.15) is 6.10 Å². The number of aliphatic hydroxyl groups is 2. The summed E-state index contributed by atoms with van der Waals surface area (Å²) < 4.78 is 4.66. The van der Waals surface area contributed by atoms with Crippen molar-refractivity contribution >= 4 is 6.09 Å². The Balaban J connectivity index is 2.43. The summed E-state index contributed by atoms with van der Waals surface area (Å²) in [5.41, 5.74) is 0. The van der Waals surface area contributed by atoms with Crippen molar-refractivity contribution in [3.63, 3.8) is 0 Å². The van der Waals surface area contributed by atoms with E-state index in [1.807, 2.05) is 0 Å². The van der Waals surface area contributed by atoms with Crippen molar-refractivity contribution in [2.75, 3.05) is 13.2 Å². The minimum absolute atomic E-state index is 0.0230. The molecule has 2 atom stereocenters. The molecule has 0 aromatic rings. The highest BCUT2D eigenvalue weighted by Gasteiger charge is 2.32. The monoisotopic (exact) mass is 161 g/mol. The van der Waals surface area contributed by atoms with Crippen LogP contribution in [0.2, 0.25) is 0 Å². The van der Waals surface area contributed by atoms with Crippen LogP contribution in [-0.4, -0.2) is 41.7 Å². The molecule has 5 heteroatoms. The van der Waals surface area contributed by atoms with Gasteiger partial charge in [0.25, 0.3) is 0 Å². The first kappa shape index (κ1) is 8.29. The number of carbonyl (C=O) groups excluding carboxylic acids is 1. The van der Waals surface area contributed by atoms with E-state index >= 15 is 0 Å². The fraction of sp³-hybridized carbons (Fsp3) is 0.833. The van der Waals surface area contributed by atoms with Gasteiger partial charge in [0.2, 0.25) is 0 Å². The summed E-state index contributed by atoms with van der Waals surface area (Å²) in [5, 5.41) is 19.7. The van der Waals surface area contributed by atoms with Crippen LogP contribution in [0.25, 0.3) is 0 Å². The molecule has 1 aliphatic heterocycles. The third-order valence-electron chi connectivity index (χ3n) is 1.63. The lowest BCUT2D eigenvalue weighted by Crippen LogP contribution is -2.34. The molecule has 1 heterocycles. The van der Waals surface area contributed by atoms with E-state index in [2.05, 4.69) is 10.1 Å². The van der Waals surface area contributed by atoms with Crippen molar-refractivity contribution in [2.24, 2.45) is 0 Å². The Bertz CT molecular complexity index is 150. The average Bonchev–Trinajstić information content (AvgIpc) is 2.32. The van der Waals surface area contributed by atoms with Crippen LogP contribution < -0.4 is 5.32 Å². The second-order valence-corrected chi connectivity index (χ2v) is 2.39. The number of hydrogen-bond acceptors (Lipinski definition) is 4. The first-order chi connectivity index (χ1) is 5.27. The Labute approximate surface area is 64.0 Å². The van der Waals surface area contributed by atoms with Crippen LogP contribution in [0, 0.1) is 0 Å². The normalized spacial score (nSPS) is 29.8. The first-order valence-corrected chi connectivity index (χ1v) is 3.46. The fourth-order valence-electron chi connectivity index (χ4n) is 1.06. The highest BCUT2D eigenvalue weighted by molar-refractivity contribution is 5.70. The van der Waals surface area contributed by atoms with Crippen LogP contribution >= 0.6 is 0 Å². The van der Waals surface area contributed by atoms with Gasteiger partial charge in [0, 0.05) is 6.61 Å². The van der Waals surface area contributed by atoms with Crippen LogP contribution in [0.3, 0.4) is 0 Å². The summed E-state index contributed by atoms with van der Waals surface area (Å²) >= 11 is 0. The highest BCUT2D eigenvalue weighted by Crippen LogP contribution is 2.10. The van der Waals surface area contributed by atoms with Gasteiger partial charge in [0.15, 0.2) is 0 Å². The van der Waals surface area contributed by atoms with Crippen molar-refractivity contribution < 1.29 is 19.7 Å².